The molecule has 7 heteroatoms. The minimum Gasteiger partial charge on any atom is -0.481 e. The Bertz CT molecular complexity index is 690. The van der Waals surface area contributed by atoms with Crippen molar-refractivity contribution in [3.8, 4) is 11.1 Å². The zero-order valence-electron chi connectivity index (χ0n) is 10.0. The van der Waals surface area contributed by atoms with Crippen LogP contribution < -0.4 is 5.73 Å². The third kappa shape index (κ3) is 2.98. The highest BCUT2D eigenvalue weighted by Gasteiger charge is 2.16. The van der Waals surface area contributed by atoms with Gasteiger partial charge in [0.2, 0.25) is 0 Å². The highest BCUT2D eigenvalue weighted by atomic mass is 35.5. The predicted octanol–water partition coefficient (Wildman–Crippen LogP) is 3.92. The average Bonchev–Trinajstić information content (AvgIpc) is 2.37. The van der Waals surface area contributed by atoms with E-state index in [-0.39, 0.29) is 17.3 Å². The van der Waals surface area contributed by atoms with Gasteiger partial charge in [-0.25, -0.2) is 4.98 Å². The number of pyridine rings is 1. The third-order valence-corrected chi connectivity index (χ3v) is 3.76. The standard InChI is InChI=1S/C13H9Cl3N2O2/c14-8-1-2-9(15)12(16)11(8)7-3-6(4-10(19)20)5-18-13(7)17/h1-3,5H,4H2,(H2,17,18)(H,19,20). The minimum atomic E-state index is -0.967. The molecule has 0 aliphatic carbocycles. The molecule has 2 aromatic rings. The first-order chi connectivity index (χ1) is 9.40. The van der Waals surface area contributed by atoms with E-state index in [9.17, 15) is 4.79 Å². The van der Waals surface area contributed by atoms with E-state index in [4.69, 9.17) is 45.6 Å². The average molecular weight is 332 g/mol. The van der Waals surface area contributed by atoms with Gasteiger partial charge in [-0.15, -0.1) is 0 Å². The molecule has 0 spiro atoms. The Balaban J connectivity index is 2.63. The Morgan fingerprint density at radius 3 is 2.55 bits per heavy atom. The molecule has 2 rings (SSSR count). The van der Waals surface area contributed by atoms with Crippen LogP contribution in [0.5, 0.6) is 0 Å². The van der Waals surface area contributed by atoms with E-state index < -0.39 is 5.97 Å². The highest BCUT2D eigenvalue weighted by molar-refractivity contribution is 6.46. The normalized spacial score (nSPS) is 10.6. The minimum absolute atomic E-state index is 0.171. The number of nitrogen functional groups attached to an aromatic ring is 1. The molecular formula is C13H9Cl3N2O2. The maximum atomic E-state index is 10.8. The molecule has 1 heterocycles. The van der Waals surface area contributed by atoms with Crippen LogP contribution in [-0.4, -0.2) is 16.1 Å². The zero-order valence-corrected chi connectivity index (χ0v) is 12.3. The van der Waals surface area contributed by atoms with E-state index in [2.05, 4.69) is 4.98 Å². The van der Waals surface area contributed by atoms with Gasteiger partial charge in [0.25, 0.3) is 0 Å². The fourth-order valence-electron chi connectivity index (χ4n) is 1.76. The van der Waals surface area contributed by atoms with Gasteiger partial charge in [-0.3, -0.25) is 4.79 Å². The van der Waals surface area contributed by atoms with Gasteiger partial charge in [-0.1, -0.05) is 34.8 Å². The van der Waals surface area contributed by atoms with Crippen molar-refractivity contribution in [2.24, 2.45) is 0 Å². The molecule has 20 heavy (non-hydrogen) atoms. The second-order valence-electron chi connectivity index (χ2n) is 4.07. The molecule has 0 aliphatic heterocycles. The molecule has 3 N–H and O–H groups in total. The van der Waals surface area contributed by atoms with Crippen LogP contribution in [0, 0.1) is 0 Å². The SMILES string of the molecule is Nc1ncc(CC(=O)O)cc1-c1c(Cl)ccc(Cl)c1Cl. The predicted molar refractivity (Wildman–Crippen MR) is 80.5 cm³/mol. The maximum absolute atomic E-state index is 10.8. The number of anilines is 1. The van der Waals surface area contributed by atoms with Gasteiger partial charge in [0.1, 0.15) is 5.82 Å². The van der Waals surface area contributed by atoms with Crippen molar-refractivity contribution < 1.29 is 9.90 Å². The summed E-state index contributed by atoms with van der Waals surface area (Å²) in [7, 11) is 0. The zero-order chi connectivity index (χ0) is 14.9. The smallest absolute Gasteiger partial charge is 0.307 e. The fourth-order valence-corrected chi connectivity index (χ4v) is 2.50. The summed E-state index contributed by atoms with van der Waals surface area (Å²) in [5.74, 6) is -0.768. The van der Waals surface area contributed by atoms with Crippen molar-refractivity contribution in [2.75, 3.05) is 5.73 Å². The van der Waals surface area contributed by atoms with Gasteiger partial charge in [-0.05, 0) is 23.8 Å². The number of carboxylic acids is 1. The van der Waals surface area contributed by atoms with Gasteiger partial charge >= 0.3 is 5.97 Å². The summed E-state index contributed by atoms with van der Waals surface area (Å²) in [6.45, 7) is 0. The monoisotopic (exact) mass is 330 g/mol. The highest BCUT2D eigenvalue weighted by Crippen LogP contribution is 2.41. The molecule has 0 unspecified atom stereocenters. The van der Waals surface area contributed by atoms with Crippen LogP contribution >= 0.6 is 34.8 Å². The van der Waals surface area contributed by atoms with E-state index in [0.717, 1.165) is 0 Å². The lowest BCUT2D eigenvalue weighted by Gasteiger charge is -2.11. The Kier molecular flexibility index (Phi) is 4.38. The maximum Gasteiger partial charge on any atom is 0.307 e. The van der Waals surface area contributed by atoms with Crippen LogP contribution in [0.25, 0.3) is 11.1 Å². The van der Waals surface area contributed by atoms with E-state index in [0.29, 0.717) is 26.7 Å². The number of hydrogen-bond acceptors (Lipinski definition) is 3. The molecule has 0 bridgehead atoms. The van der Waals surface area contributed by atoms with E-state index in [1.165, 1.54) is 6.20 Å². The molecule has 0 saturated heterocycles. The molecule has 0 saturated carbocycles. The topological polar surface area (TPSA) is 76.2 Å². The number of carboxylic acid groups (broad SMARTS) is 1. The summed E-state index contributed by atoms with van der Waals surface area (Å²) in [6.07, 6.45) is 1.23. The molecule has 0 atom stereocenters. The number of carbonyl (C=O) groups is 1. The summed E-state index contributed by atoms with van der Waals surface area (Å²) in [5.41, 5.74) is 7.22. The van der Waals surface area contributed by atoms with Gasteiger partial charge in [0.15, 0.2) is 0 Å². The first-order valence-electron chi connectivity index (χ1n) is 5.50. The Morgan fingerprint density at radius 2 is 1.90 bits per heavy atom. The number of nitrogens with two attached hydrogens (primary N) is 1. The first kappa shape index (κ1) is 14.9. The van der Waals surface area contributed by atoms with Gasteiger partial charge in [0, 0.05) is 17.3 Å². The second-order valence-corrected chi connectivity index (χ2v) is 5.26. The number of halogens is 3. The van der Waals surface area contributed by atoms with Crippen molar-refractivity contribution in [2.45, 2.75) is 6.42 Å². The molecule has 4 nitrogen and oxygen atoms in total. The summed E-state index contributed by atoms with van der Waals surface area (Å²) in [6, 6.07) is 4.76. The molecule has 0 radical (unpaired) electrons. The third-order valence-electron chi connectivity index (χ3n) is 2.64. The van der Waals surface area contributed by atoms with E-state index in [1.54, 1.807) is 18.2 Å². The Morgan fingerprint density at radius 1 is 1.25 bits per heavy atom. The summed E-state index contributed by atoms with van der Waals surface area (Å²) in [5, 5.41) is 9.76. The van der Waals surface area contributed by atoms with Crippen LogP contribution in [0.2, 0.25) is 15.1 Å². The lowest BCUT2D eigenvalue weighted by atomic mass is 10.0. The number of rotatable bonds is 3. The number of hydrogen-bond donors (Lipinski definition) is 2. The largest absolute Gasteiger partial charge is 0.481 e. The molecule has 1 aromatic heterocycles. The second kappa shape index (κ2) is 5.87. The van der Waals surface area contributed by atoms with Crippen LogP contribution in [0.3, 0.4) is 0 Å². The number of benzene rings is 1. The first-order valence-corrected chi connectivity index (χ1v) is 6.63. The Hall–Kier alpha value is -1.49. The van der Waals surface area contributed by atoms with Crippen molar-refractivity contribution in [1.29, 1.82) is 0 Å². The van der Waals surface area contributed by atoms with E-state index in [1.807, 2.05) is 0 Å². The number of aliphatic carboxylic acids is 1. The quantitative estimate of drug-likeness (QED) is 0.836. The van der Waals surface area contributed by atoms with Crippen molar-refractivity contribution in [3.63, 3.8) is 0 Å². The molecular weight excluding hydrogens is 323 g/mol. The van der Waals surface area contributed by atoms with Crippen LogP contribution in [-0.2, 0) is 11.2 Å². The van der Waals surface area contributed by atoms with Crippen molar-refractivity contribution in [3.05, 3.63) is 45.0 Å². The molecule has 1 aromatic carbocycles. The summed E-state index contributed by atoms with van der Waals surface area (Å²) in [4.78, 5) is 14.7. The van der Waals surface area contributed by atoms with Crippen molar-refractivity contribution >= 4 is 46.6 Å². The van der Waals surface area contributed by atoms with Gasteiger partial charge in [-0.2, -0.15) is 0 Å². The molecule has 0 amide bonds. The Labute approximate surface area is 130 Å². The lowest BCUT2D eigenvalue weighted by Crippen LogP contribution is -2.03. The number of nitrogens with zero attached hydrogens (tertiary/aromatic N) is 1. The van der Waals surface area contributed by atoms with Crippen molar-refractivity contribution in [1.82, 2.24) is 4.98 Å². The molecule has 104 valence electrons. The van der Waals surface area contributed by atoms with Gasteiger partial charge in [0.05, 0.1) is 21.5 Å². The molecule has 0 fully saturated rings. The fraction of sp³-hybridized carbons (Fsp3) is 0.0769. The summed E-state index contributed by atoms with van der Waals surface area (Å²) >= 11 is 18.2. The van der Waals surface area contributed by atoms with Gasteiger partial charge < -0.3 is 10.8 Å². The van der Waals surface area contributed by atoms with Crippen LogP contribution in [0.4, 0.5) is 5.82 Å². The van der Waals surface area contributed by atoms with Crippen LogP contribution in [0.1, 0.15) is 5.56 Å². The number of aromatic nitrogens is 1. The van der Waals surface area contributed by atoms with E-state index >= 15 is 0 Å². The van der Waals surface area contributed by atoms with Crippen LogP contribution in [0.15, 0.2) is 24.4 Å². The summed E-state index contributed by atoms with van der Waals surface area (Å²) < 4.78 is 0. The lowest BCUT2D eigenvalue weighted by molar-refractivity contribution is -0.136. The molecule has 0 aliphatic rings.